The Morgan fingerprint density at radius 3 is 2.28 bits per heavy atom. The fraction of sp³-hybridized carbons (Fsp3) is 0.154. The Labute approximate surface area is 106 Å². The van der Waals surface area contributed by atoms with Gasteiger partial charge in [0, 0.05) is 20.3 Å². The zero-order valence-corrected chi connectivity index (χ0v) is 10.1. The highest BCUT2D eigenvalue weighted by molar-refractivity contribution is 5.81. The van der Waals surface area contributed by atoms with Crippen molar-refractivity contribution in [3.8, 4) is 17.9 Å². The molecule has 0 atom stereocenters. The van der Waals surface area contributed by atoms with Gasteiger partial charge in [-0.25, -0.2) is 4.99 Å². The van der Waals surface area contributed by atoms with Gasteiger partial charge in [0.25, 0.3) is 0 Å². The van der Waals surface area contributed by atoms with Gasteiger partial charge in [-0.3, -0.25) is 0 Å². The van der Waals surface area contributed by atoms with Gasteiger partial charge in [0.2, 0.25) is 0 Å². The van der Waals surface area contributed by atoms with Gasteiger partial charge >= 0.3 is 0 Å². The van der Waals surface area contributed by atoms with Crippen LogP contribution in [0.3, 0.4) is 0 Å². The van der Waals surface area contributed by atoms with E-state index >= 15 is 0 Å². The van der Waals surface area contributed by atoms with Gasteiger partial charge in [0.05, 0.1) is 0 Å². The van der Waals surface area contributed by atoms with Crippen molar-refractivity contribution in [3.63, 3.8) is 0 Å². The normalized spacial score (nSPS) is 11.6. The lowest BCUT2D eigenvalue weighted by molar-refractivity contribution is 0.475. The summed E-state index contributed by atoms with van der Waals surface area (Å²) in [4.78, 5) is 5.52. The fourth-order valence-electron chi connectivity index (χ4n) is 1.21. The van der Waals surface area contributed by atoms with E-state index in [2.05, 4.69) is 4.99 Å². The molecule has 0 saturated carbocycles. The highest BCUT2D eigenvalue weighted by atomic mass is 16.3. The molecule has 0 radical (unpaired) electrons. The Hall–Kier alpha value is -2.79. The molecule has 5 nitrogen and oxygen atoms in total. The van der Waals surface area contributed by atoms with Crippen LogP contribution in [0.1, 0.15) is 5.56 Å². The molecule has 0 saturated heterocycles. The summed E-state index contributed by atoms with van der Waals surface area (Å²) in [6.45, 7) is 0. The van der Waals surface area contributed by atoms with Gasteiger partial charge in [0.15, 0.2) is 11.4 Å². The van der Waals surface area contributed by atoms with Crippen molar-refractivity contribution in [3.05, 3.63) is 41.2 Å². The first-order valence-electron chi connectivity index (χ1n) is 5.13. The Balaban J connectivity index is 3.05. The van der Waals surface area contributed by atoms with E-state index in [0.717, 1.165) is 5.56 Å². The van der Waals surface area contributed by atoms with E-state index < -0.39 is 0 Å². The largest absolute Gasteiger partial charge is 0.508 e. The molecule has 90 valence electrons. The van der Waals surface area contributed by atoms with Crippen LogP contribution in [0.4, 0.5) is 0 Å². The third kappa shape index (κ3) is 3.36. The number of nitriles is 2. The summed E-state index contributed by atoms with van der Waals surface area (Å²) in [6, 6.07) is 10.2. The van der Waals surface area contributed by atoms with E-state index in [1.165, 1.54) is 23.2 Å². The summed E-state index contributed by atoms with van der Waals surface area (Å²) >= 11 is 0. The van der Waals surface area contributed by atoms with Crippen LogP contribution < -0.4 is 0 Å². The standard InChI is InChI=1S/C13H12N4O/c1-17(2)13(8-15)12(7-14)16-9-10-3-5-11(18)6-4-10/h3-6,9,18H,1-2H3/b13-12-,16-9?. The van der Waals surface area contributed by atoms with Gasteiger partial charge in [-0.2, -0.15) is 10.5 Å². The number of hydrogen-bond donors (Lipinski definition) is 1. The molecular weight excluding hydrogens is 228 g/mol. The Morgan fingerprint density at radius 1 is 1.22 bits per heavy atom. The molecule has 0 spiro atoms. The molecule has 0 aliphatic heterocycles. The maximum absolute atomic E-state index is 9.12. The second-order valence-electron chi connectivity index (χ2n) is 3.66. The van der Waals surface area contributed by atoms with Gasteiger partial charge in [0.1, 0.15) is 17.9 Å². The van der Waals surface area contributed by atoms with Crippen molar-refractivity contribution >= 4 is 6.21 Å². The lowest BCUT2D eigenvalue weighted by Gasteiger charge is -2.09. The maximum atomic E-state index is 9.12. The van der Waals surface area contributed by atoms with E-state index in [1.807, 2.05) is 12.1 Å². The predicted molar refractivity (Wildman–Crippen MR) is 67.6 cm³/mol. The molecule has 0 unspecified atom stereocenters. The zero-order chi connectivity index (χ0) is 13.5. The number of rotatable bonds is 3. The van der Waals surface area contributed by atoms with Gasteiger partial charge in [-0.1, -0.05) is 0 Å². The third-order valence-corrected chi connectivity index (χ3v) is 2.12. The first kappa shape index (κ1) is 13.3. The lowest BCUT2D eigenvalue weighted by atomic mass is 10.2. The second-order valence-corrected chi connectivity index (χ2v) is 3.66. The number of benzene rings is 1. The van der Waals surface area contributed by atoms with Crippen LogP contribution >= 0.6 is 0 Å². The molecule has 1 rings (SSSR count). The first-order chi connectivity index (χ1) is 8.58. The molecule has 1 N–H and O–H groups in total. The van der Waals surface area contributed by atoms with Crippen molar-refractivity contribution in [2.75, 3.05) is 14.1 Å². The number of hydrogen-bond acceptors (Lipinski definition) is 5. The molecule has 0 bridgehead atoms. The van der Waals surface area contributed by atoms with Crippen LogP contribution in [0, 0.1) is 22.7 Å². The van der Waals surface area contributed by atoms with E-state index in [-0.39, 0.29) is 17.1 Å². The Bertz CT molecular complexity index is 556. The summed E-state index contributed by atoms with van der Waals surface area (Å²) in [7, 11) is 3.35. The highest BCUT2D eigenvalue weighted by Crippen LogP contribution is 2.10. The number of phenolic OH excluding ortho intramolecular Hbond substituents is 1. The molecule has 1 aromatic rings. The van der Waals surface area contributed by atoms with Crippen molar-refractivity contribution in [1.29, 1.82) is 10.5 Å². The van der Waals surface area contributed by atoms with E-state index in [4.69, 9.17) is 15.6 Å². The van der Waals surface area contributed by atoms with Crippen molar-refractivity contribution in [1.82, 2.24) is 4.90 Å². The molecule has 18 heavy (non-hydrogen) atoms. The monoisotopic (exact) mass is 240 g/mol. The summed E-state index contributed by atoms with van der Waals surface area (Å²) in [5.74, 6) is 0.161. The molecule has 1 aromatic carbocycles. The van der Waals surface area contributed by atoms with E-state index in [9.17, 15) is 0 Å². The van der Waals surface area contributed by atoms with Crippen LogP contribution in [-0.2, 0) is 0 Å². The molecule has 0 aromatic heterocycles. The molecule has 5 heteroatoms. The number of allylic oxidation sites excluding steroid dienone is 2. The molecule has 0 heterocycles. The number of phenols is 1. The fourth-order valence-corrected chi connectivity index (χ4v) is 1.21. The van der Waals surface area contributed by atoms with Crippen molar-refractivity contribution in [2.45, 2.75) is 0 Å². The van der Waals surface area contributed by atoms with Crippen LogP contribution in [0.2, 0.25) is 0 Å². The van der Waals surface area contributed by atoms with Crippen LogP contribution in [-0.4, -0.2) is 30.3 Å². The number of nitrogens with zero attached hydrogens (tertiary/aromatic N) is 4. The zero-order valence-electron chi connectivity index (χ0n) is 10.1. The molecular formula is C13H12N4O. The van der Waals surface area contributed by atoms with Gasteiger partial charge in [-0.15, -0.1) is 0 Å². The minimum Gasteiger partial charge on any atom is -0.508 e. The number of aromatic hydroxyl groups is 1. The minimum atomic E-state index is 0.0515. The molecule has 0 aliphatic rings. The van der Waals surface area contributed by atoms with Crippen molar-refractivity contribution in [2.24, 2.45) is 4.99 Å². The third-order valence-electron chi connectivity index (χ3n) is 2.12. The lowest BCUT2D eigenvalue weighted by Crippen LogP contribution is -2.11. The first-order valence-corrected chi connectivity index (χ1v) is 5.13. The van der Waals surface area contributed by atoms with Gasteiger partial charge < -0.3 is 10.0 Å². The predicted octanol–water partition coefficient (Wildman–Crippen LogP) is 1.63. The SMILES string of the molecule is CN(C)/C(C#N)=C(/C#N)N=Cc1ccc(O)cc1. The summed E-state index contributed by atoms with van der Waals surface area (Å²) in [5.41, 5.74) is 0.986. The summed E-state index contributed by atoms with van der Waals surface area (Å²) in [6.07, 6.45) is 1.47. The van der Waals surface area contributed by atoms with Crippen LogP contribution in [0.25, 0.3) is 0 Å². The van der Waals surface area contributed by atoms with Crippen molar-refractivity contribution < 1.29 is 5.11 Å². The minimum absolute atomic E-state index is 0.0515. The average molecular weight is 240 g/mol. The quantitative estimate of drug-likeness (QED) is 0.643. The Kier molecular flexibility index (Phi) is 4.48. The van der Waals surface area contributed by atoms with Crippen LogP contribution in [0.5, 0.6) is 5.75 Å². The molecule has 0 aliphatic carbocycles. The number of aliphatic imine (C=N–C) groups is 1. The van der Waals surface area contributed by atoms with E-state index in [0.29, 0.717) is 0 Å². The smallest absolute Gasteiger partial charge is 0.174 e. The molecule has 0 amide bonds. The van der Waals surface area contributed by atoms with Crippen LogP contribution in [0.15, 0.2) is 40.7 Å². The van der Waals surface area contributed by atoms with E-state index in [1.54, 1.807) is 26.2 Å². The average Bonchev–Trinajstić information content (AvgIpc) is 2.35. The second kappa shape index (κ2) is 6.07. The summed E-state index contributed by atoms with van der Waals surface area (Å²) < 4.78 is 0. The topological polar surface area (TPSA) is 83.4 Å². The van der Waals surface area contributed by atoms with Gasteiger partial charge in [-0.05, 0) is 29.8 Å². The Morgan fingerprint density at radius 2 is 1.83 bits per heavy atom. The highest BCUT2D eigenvalue weighted by Gasteiger charge is 2.06. The molecule has 0 fully saturated rings. The summed E-state index contributed by atoms with van der Waals surface area (Å²) in [5, 5.41) is 27.0. The maximum Gasteiger partial charge on any atom is 0.174 e.